The lowest BCUT2D eigenvalue weighted by Gasteiger charge is -1.97. The maximum absolute atomic E-state index is 10.7. The van der Waals surface area contributed by atoms with Crippen molar-refractivity contribution < 1.29 is 4.84 Å². The van der Waals surface area contributed by atoms with Crippen LogP contribution in [-0.2, 0) is 11.4 Å². The average Bonchev–Trinajstić information content (AvgIpc) is 2.33. The normalized spacial score (nSPS) is 14.4. The van der Waals surface area contributed by atoms with Crippen LogP contribution in [0.3, 0.4) is 0 Å². The Morgan fingerprint density at radius 2 is 2.70 bits per heavy atom. The van der Waals surface area contributed by atoms with E-state index in [-0.39, 0.29) is 5.43 Å². The Morgan fingerprint density at radius 3 is 3.60 bits per heavy atom. The molecule has 4 nitrogen and oxygen atoms in total. The molecule has 1 aliphatic rings. The van der Waals surface area contributed by atoms with Gasteiger partial charge in [-0.15, -0.1) is 0 Å². The molecule has 0 amide bonds. The van der Waals surface area contributed by atoms with Crippen LogP contribution in [-0.4, -0.2) is 4.68 Å². The van der Waals surface area contributed by atoms with Crippen LogP contribution >= 0.6 is 0 Å². The summed E-state index contributed by atoms with van der Waals surface area (Å²) in [6.07, 6.45) is 1.52. The second kappa shape index (κ2) is 1.85. The summed E-state index contributed by atoms with van der Waals surface area (Å²) in [5, 5.41) is 0. The first-order valence-electron chi connectivity index (χ1n) is 2.87. The van der Waals surface area contributed by atoms with Crippen LogP contribution in [0.1, 0.15) is 5.69 Å². The van der Waals surface area contributed by atoms with Gasteiger partial charge in [0, 0.05) is 12.3 Å². The van der Waals surface area contributed by atoms with Crippen molar-refractivity contribution in [3.8, 4) is 0 Å². The summed E-state index contributed by atoms with van der Waals surface area (Å²) >= 11 is 0. The van der Waals surface area contributed by atoms with Gasteiger partial charge < -0.3 is 0 Å². The number of hydrogen-bond donors (Lipinski definition) is 1. The van der Waals surface area contributed by atoms with Crippen LogP contribution in [0.4, 0.5) is 0 Å². The van der Waals surface area contributed by atoms with Crippen LogP contribution in [0.25, 0.3) is 0 Å². The molecule has 1 N–H and O–H groups in total. The van der Waals surface area contributed by atoms with E-state index in [1.807, 2.05) is 0 Å². The lowest BCUT2D eigenvalue weighted by molar-refractivity contribution is 0.184. The average molecular weight is 137 g/mol. The van der Waals surface area contributed by atoms with Crippen molar-refractivity contribution in [3.05, 3.63) is 34.2 Å². The molecule has 0 unspecified atom stereocenters. The van der Waals surface area contributed by atoms with Gasteiger partial charge in [-0.05, 0) is 0 Å². The van der Waals surface area contributed by atoms with Crippen molar-refractivity contribution in [2.75, 3.05) is 5.59 Å². The maximum Gasteiger partial charge on any atom is 0.190 e. The van der Waals surface area contributed by atoms with E-state index in [2.05, 4.69) is 11.7 Å². The highest BCUT2D eigenvalue weighted by Gasteiger charge is 2.06. The van der Waals surface area contributed by atoms with Crippen molar-refractivity contribution in [2.45, 2.75) is 6.61 Å². The van der Waals surface area contributed by atoms with Gasteiger partial charge >= 0.3 is 0 Å². The van der Waals surface area contributed by atoms with Crippen molar-refractivity contribution in [3.63, 3.8) is 0 Å². The van der Waals surface area contributed by atoms with Gasteiger partial charge in [-0.3, -0.25) is 9.63 Å². The predicted molar refractivity (Wildman–Crippen MR) is 33.7 cm³/mol. The molecule has 0 spiro atoms. The lowest BCUT2D eigenvalue weighted by Crippen LogP contribution is -2.10. The second-order valence-electron chi connectivity index (χ2n) is 2.02. The highest BCUT2D eigenvalue weighted by atomic mass is 16.7. The molecule has 1 aromatic heterocycles. The first-order valence-corrected chi connectivity index (χ1v) is 2.87. The third kappa shape index (κ3) is 0.698. The molecule has 0 aromatic carbocycles. The summed E-state index contributed by atoms with van der Waals surface area (Å²) in [7, 11) is 0. The van der Waals surface area contributed by atoms with E-state index in [0.29, 0.717) is 6.61 Å². The fourth-order valence-electron chi connectivity index (χ4n) is 0.846. The molecule has 0 saturated heterocycles. The monoisotopic (exact) mass is 137 g/mol. The summed E-state index contributed by atoms with van der Waals surface area (Å²) in [4.78, 5) is 15.5. The summed E-state index contributed by atoms with van der Waals surface area (Å²) < 4.78 is 1.61. The van der Waals surface area contributed by atoms with Crippen molar-refractivity contribution in [2.24, 2.45) is 0 Å². The Balaban J connectivity index is 2.63. The van der Waals surface area contributed by atoms with Gasteiger partial charge in [-0.1, -0.05) is 0 Å². The number of nitrogens with zero attached hydrogens (tertiary/aromatic N) is 1. The third-order valence-electron chi connectivity index (χ3n) is 1.33. The molecule has 0 fully saturated rings. The first kappa shape index (κ1) is 5.49. The molecule has 1 radical (unpaired) electrons. The molecule has 51 valence electrons. The number of hydrogen-bond acceptors (Lipinski definition) is 3. The Labute approximate surface area is 57.0 Å². The van der Waals surface area contributed by atoms with E-state index in [9.17, 15) is 4.79 Å². The number of rotatable bonds is 0. The molecule has 1 aromatic rings. The van der Waals surface area contributed by atoms with E-state index < -0.39 is 0 Å². The smallest absolute Gasteiger partial charge is 0.190 e. The van der Waals surface area contributed by atoms with E-state index in [1.165, 1.54) is 12.3 Å². The van der Waals surface area contributed by atoms with E-state index in [1.54, 1.807) is 4.68 Å². The van der Waals surface area contributed by atoms with Crippen LogP contribution in [0.5, 0.6) is 0 Å². The molecule has 0 saturated carbocycles. The van der Waals surface area contributed by atoms with Crippen molar-refractivity contribution >= 4 is 0 Å². The lowest BCUT2D eigenvalue weighted by atomic mass is 10.4. The number of aromatic nitrogens is 1. The summed E-state index contributed by atoms with van der Waals surface area (Å²) in [5.74, 6) is 0. The van der Waals surface area contributed by atoms with Crippen molar-refractivity contribution in [1.29, 1.82) is 0 Å². The van der Waals surface area contributed by atoms with Crippen LogP contribution < -0.4 is 11.0 Å². The quantitative estimate of drug-likeness (QED) is 0.531. The first-order chi connectivity index (χ1) is 4.86. The molecule has 0 atom stereocenters. The highest BCUT2D eigenvalue weighted by molar-refractivity contribution is 5.07. The summed E-state index contributed by atoms with van der Waals surface area (Å²) in [6.45, 7) is 0.434. The predicted octanol–water partition coefficient (Wildman–Crippen LogP) is -0.363. The molecule has 0 bridgehead atoms. The fourth-order valence-corrected chi connectivity index (χ4v) is 0.846. The molecule has 2 heterocycles. The van der Waals surface area contributed by atoms with Crippen LogP contribution in [0.2, 0.25) is 0 Å². The maximum atomic E-state index is 10.7. The Bertz CT molecular complexity index is 305. The minimum atomic E-state index is -0.112. The van der Waals surface area contributed by atoms with Gasteiger partial charge in [0.15, 0.2) is 5.43 Å². The zero-order chi connectivity index (χ0) is 6.97. The van der Waals surface area contributed by atoms with Gasteiger partial charge in [0.1, 0.15) is 6.61 Å². The fraction of sp³-hybridized carbons (Fsp3) is 0.167. The Hall–Kier alpha value is -1.29. The SMILES string of the molecule is O=c1[c]cn2c(c1)CON2. The minimum absolute atomic E-state index is 0.112. The van der Waals surface area contributed by atoms with Gasteiger partial charge in [0.05, 0.1) is 11.8 Å². The van der Waals surface area contributed by atoms with Gasteiger partial charge in [-0.25, -0.2) is 10.3 Å². The minimum Gasteiger partial charge on any atom is -0.289 e. The number of fused-ring (bicyclic) bond motifs is 1. The standard InChI is InChI=1S/C6H5N2O2/c9-6-1-2-8-5(3-6)4-10-7-8/h2-3,7H,4H2. The zero-order valence-electron chi connectivity index (χ0n) is 5.13. The number of nitrogens with one attached hydrogen (secondary N) is 1. The third-order valence-corrected chi connectivity index (χ3v) is 1.33. The molecular formula is C6H5N2O2. The van der Waals surface area contributed by atoms with Crippen molar-refractivity contribution in [1.82, 2.24) is 4.68 Å². The molecule has 0 aliphatic carbocycles. The molecule has 2 rings (SSSR count). The molecule has 10 heavy (non-hydrogen) atoms. The summed E-state index contributed by atoms with van der Waals surface area (Å²) in [5.41, 5.74) is 3.28. The van der Waals surface area contributed by atoms with Crippen LogP contribution in [0.15, 0.2) is 17.1 Å². The van der Waals surface area contributed by atoms with E-state index in [0.717, 1.165) is 5.69 Å². The van der Waals surface area contributed by atoms with Gasteiger partial charge in [0.2, 0.25) is 0 Å². The Morgan fingerprint density at radius 1 is 1.80 bits per heavy atom. The number of pyridine rings is 1. The van der Waals surface area contributed by atoms with Gasteiger partial charge in [0.25, 0.3) is 0 Å². The van der Waals surface area contributed by atoms with Gasteiger partial charge in [-0.2, -0.15) is 0 Å². The van der Waals surface area contributed by atoms with E-state index >= 15 is 0 Å². The summed E-state index contributed by atoms with van der Waals surface area (Å²) in [6, 6.07) is 3.98. The largest absolute Gasteiger partial charge is 0.289 e. The second-order valence-corrected chi connectivity index (χ2v) is 2.02. The molecule has 4 heteroatoms. The highest BCUT2D eigenvalue weighted by Crippen LogP contribution is 2.02. The topological polar surface area (TPSA) is 43.3 Å². The van der Waals surface area contributed by atoms with E-state index in [4.69, 9.17) is 4.84 Å². The zero-order valence-corrected chi connectivity index (χ0v) is 5.13. The molecular weight excluding hydrogens is 132 g/mol. The van der Waals surface area contributed by atoms with Crippen LogP contribution in [0, 0.1) is 6.07 Å². The molecule has 1 aliphatic heterocycles. The Kier molecular flexibility index (Phi) is 1.01.